The maximum Gasteiger partial charge on any atom is 0.255 e. The molecule has 0 aliphatic heterocycles. The molecule has 1 N–H and O–H groups in total. The van der Waals surface area contributed by atoms with Crippen molar-refractivity contribution in [3.63, 3.8) is 0 Å². The smallest absolute Gasteiger partial charge is 0.255 e. The molecule has 1 aromatic carbocycles. The average molecular weight is 167 g/mol. The number of nitrogens with one attached hydrogen (secondary N) is 1. The fourth-order valence-corrected chi connectivity index (χ4v) is 0.897. The third kappa shape index (κ3) is 2.05. The van der Waals surface area contributed by atoms with Crippen molar-refractivity contribution in [1.29, 1.82) is 0 Å². The number of alkyl halides is 1. The Morgan fingerprint density at radius 3 is 2.75 bits per heavy atom. The standard InChI is InChI=1S/C9H10FNO/c1-7-4-2-3-5-8(7)11-9(12)6-10/h2-5H,6H2,1H3,(H,11,12). The predicted octanol–water partition coefficient (Wildman–Crippen LogP) is 1.90. The van der Waals surface area contributed by atoms with Crippen LogP contribution in [0.3, 0.4) is 0 Å². The fourth-order valence-electron chi connectivity index (χ4n) is 0.897. The van der Waals surface area contributed by atoms with Gasteiger partial charge in [-0.2, -0.15) is 0 Å². The molecule has 0 radical (unpaired) electrons. The molecule has 0 bridgehead atoms. The van der Waals surface area contributed by atoms with Gasteiger partial charge in [-0.25, -0.2) is 4.39 Å². The SMILES string of the molecule is Cc1ccccc1NC(=O)CF. The maximum atomic E-state index is 11.8. The van der Waals surface area contributed by atoms with E-state index >= 15 is 0 Å². The van der Waals surface area contributed by atoms with E-state index in [9.17, 15) is 9.18 Å². The van der Waals surface area contributed by atoms with Crippen LogP contribution in [0.2, 0.25) is 0 Å². The molecule has 1 rings (SSSR count). The van der Waals surface area contributed by atoms with Gasteiger partial charge in [-0.3, -0.25) is 4.79 Å². The topological polar surface area (TPSA) is 29.1 Å². The quantitative estimate of drug-likeness (QED) is 0.716. The highest BCUT2D eigenvalue weighted by Gasteiger charge is 2.01. The molecule has 0 fully saturated rings. The number of aryl methyl sites for hydroxylation is 1. The highest BCUT2D eigenvalue weighted by Crippen LogP contribution is 2.12. The van der Waals surface area contributed by atoms with E-state index < -0.39 is 12.6 Å². The summed E-state index contributed by atoms with van der Waals surface area (Å²) in [5.74, 6) is -0.607. The van der Waals surface area contributed by atoms with Crippen LogP contribution < -0.4 is 5.32 Å². The van der Waals surface area contributed by atoms with Gasteiger partial charge in [0.1, 0.15) is 0 Å². The molecular weight excluding hydrogens is 157 g/mol. The van der Waals surface area contributed by atoms with Crippen molar-refractivity contribution in [3.8, 4) is 0 Å². The van der Waals surface area contributed by atoms with Crippen LogP contribution in [0.1, 0.15) is 5.56 Å². The molecule has 3 heteroatoms. The van der Waals surface area contributed by atoms with Crippen LogP contribution >= 0.6 is 0 Å². The average Bonchev–Trinajstić information content (AvgIpc) is 2.09. The second-order valence-electron chi connectivity index (χ2n) is 2.50. The summed E-state index contributed by atoms with van der Waals surface area (Å²) in [6.45, 7) is 0.877. The minimum Gasteiger partial charge on any atom is -0.324 e. The fraction of sp³-hybridized carbons (Fsp3) is 0.222. The lowest BCUT2D eigenvalue weighted by Crippen LogP contribution is -2.13. The van der Waals surface area contributed by atoms with Gasteiger partial charge in [-0.05, 0) is 18.6 Å². The largest absolute Gasteiger partial charge is 0.324 e. The first kappa shape index (κ1) is 8.71. The summed E-state index contributed by atoms with van der Waals surface area (Å²) in [4.78, 5) is 10.6. The number of halogens is 1. The summed E-state index contributed by atoms with van der Waals surface area (Å²) in [7, 11) is 0. The van der Waals surface area contributed by atoms with Gasteiger partial charge in [-0.1, -0.05) is 18.2 Å². The van der Waals surface area contributed by atoms with Crippen LogP contribution in [0, 0.1) is 6.92 Å². The van der Waals surface area contributed by atoms with Crippen LogP contribution in [-0.2, 0) is 4.79 Å². The predicted molar refractivity (Wildman–Crippen MR) is 45.8 cm³/mol. The van der Waals surface area contributed by atoms with Crippen molar-refractivity contribution in [2.45, 2.75) is 6.92 Å². The number of rotatable bonds is 2. The van der Waals surface area contributed by atoms with Crippen molar-refractivity contribution in [3.05, 3.63) is 29.8 Å². The first-order valence-corrected chi connectivity index (χ1v) is 3.65. The summed E-state index contributed by atoms with van der Waals surface area (Å²) in [5.41, 5.74) is 1.60. The number of carbonyl (C=O) groups excluding carboxylic acids is 1. The zero-order valence-electron chi connectivity index (χ0n) is 6.80. The van der Waals surface area contributed by atoms with Gasteiger partial charge in [0.2, 0.25) is 0 Å². The minimum absolute atomic E-state index is 0.607. The van der Waals surface area contributed by atoms with Crippen molar-refractivity contribution >= 4 is 11.6 Å². The molecule has 0 heterocycles. The number of hydrogen-bond donors (Lipinski definition) is 1. The molecule has 0 spiro atoms. The van der Waals surface area contributed by atoms with Gasteiger partial charge >= 0.3 is 0 Å². The number of anilines is 1. The van der Waals surface area contributed by atoms with Crippen molar-refractivity contribution in [2.24, 2.45) is 0 Å². The monoisotopic (exact) mass is 167 g/mol. The molecule has 0 unspecified atom stereocenters. The molecule has 0 saturated carbocycles. The summed E-state index contributed by atoms with van der Waals surface area (Å²) in [5, 5.41) is 2.45. The van der Waals surface area contributed by atoms with E-state index in [0.29, 0.717) is 5.69 Å². The molecule has 1 amide bonds. The molecule has 64 valence electrons. The lowest BCUT2D eigenvalue weighted by molar-refractivity contribution is -0.117. The molecule has 12 heavy (non-hydrogen) atoms. The number of amides is 1. The molecule has 0 saturated heterocycles. The maximum absolute atomic E-state index is 11.8. The van der Waals surface area contributed by atoms with Crippen LogP contribution in [0.25, 0.3) is 0 Å². The van der Waals surface area contributed by atoms with Gasteiger partial charge in [-0.15, -0.1) is 0 Å². The normalized spacial score (nSPS) is 9.50. The van der Waals surface area contributed by atoms with E-state index in [1.54, 1.807) is 12.1 Å². The summed E-state index contributed by atoms with van der Waals surface area (Å²) < 4.78 is 11.8. The Morgan fingerprint density at radius 1 is 1.50 bits per heavy atom. The number of carbonyl (C=O) groups is 1. The Labute approximate surface area is 70.4 Å². The molecule has 0 atom stereocenters. The Bertz CT molecular complexity index is 286. The van der Waals surface area contributed by atoms with Gasteiger partial charge in [0, 0.05) is 5.69 Å². The van der Waals surface area contributed by atoms with Gasteiger partial charge in [0.25, 0.3) is 5.91 Å². The van der Waals surface area contributed by atoms with Gasteiger partial charge in [0.15, 0.2) is 6.67 Å². The van der Waals surface area contributed by atoms with Crippen LogP contribution in [0.4, 0.5) is 10.1 Å². The van der Waals surface area contributed by atoms with E-state index in [2.05, 4.69) is 5.32 Å². The Balaban J connectivity index is 2.75. The van der Waals surface area contributed by atoms with Crippen molar-refractivity contribution < 1.29 is 9.18 Å². The highest BCUT2D eigenvalue weighted by molar-refractivity contribution is 5.92. The highest BCUT2D eigenvalue weighted by atomic mass is 19.1. The Hall–Kier alpha value is -1.38. The third-order valence-electron chi connectivity index (χ3n) is 1.54. The van der Waals surface area contributed by atoms with Crippen LogP contribution in [0.15, 0.2) is 24.3 Å². The van der Waals surface area contributed by atoms with Crippen LogP contribution in [0.5, 0.6) is 0 Å². The molecular formula is C9H10FNO. The lowest BCUT2D eigenvalue weighted by atomic mass is 10.2. The summed E-state index contributed by atoms with van der Waals surface area (Å²) in [6.07, 6.45) is 0. The lowest BCUT2D eigenvalue weighted by Gasteiger charge is -2.04. The van der Waals surface area contributed by atoms with Crippen molar-refractivity contribution in [1.82, 2.24) is 0 Å². The van der Waals surface area contributed by atoms with Gasteiger partial charge < -0.3 is 5.32 Å². The second kappa shape index (κ2) is 3.85. The van der Waals surface area contributed by atoms with E-state index in [4.69, 9.17) is 0 Å². The van der Waals surface area contributed by atoms with E-state index in [0.717, 1.165) is 5.56 Å². The minimum atomic E-state index is -0.978. The first-order valence-electron chi connectivity index (χ1n) is 3.65. The first-order chi connectivity index (χ1) is 5.74. The van der Waals surface area contributed by atoms with E-state index in [1.165, 1.54) is 0 Å². The molecule has 0 aliphatic rings. The number of para-hydroxylation sites is 1. The van der Waals surface area contributed by atoms with E-state index in [-0.39, 0.29) is 0 Å². The van der Waals surface area contributed by atoms with Crippen LogP contribution in [-0.4, -0.2) is 12.6 Å². The molecule has 2 nitrogen and oxygen atoms in total. The number of benzene rings is 1. The third-order valence-corrected chi connectivity index (χ3v) is 1.54. The zero-order chi connectivity index (χ0) is 8.97. The summed E-state index contributed by atoms with van der Waals surface area (Å²) in [6, 6.07) is 7.25. The zero-order valence-corrected chi connectivity index (χ0v) is 6.80. The Kier molecular flexibility index (Phi) is 2.80. The Morgan fingerprint density at radius 2 is 2.17 bits per heavy atom. The van der Waals surface area contributed by atoms with Crippen molar-refractivity contribution in [2.75, 3.05) is 12.0 Å². The summed E-state index contributed by atoms with van der Waals surface area (Å²) >= 11 is 0. The molecule has 0 aliphatic carbocycles. The second-order valence-corrected chi connectivity index (χ2v) is 2.50. The number of hydrogen-bond acceptors (Lipinski definition) is 1. The molecule has 1 aromatic rings. The van der Waals surface area contributed by atoms with E-state index in [1.807, 2.05) is 19.1 Å². The van der Waals surface area contributed by atoms with Gasteiger partial charge in [0.05, 0.1) is 0 Å². The molecule has 0 aromatic heterocycles.